The van der Waals surface area contributed by atoms with Crippen LogP contribution < -0.4 is 9.47 Å². The van der Waals surface area contributed by atoms with Crippen molar-refractivity contribution >= 4 is 23.2 Å². The van der Waals surface area contributed by atoms with Crippen molar-refractivity contribution in [2.45, 2.75) is 19.4 Å². The Morgan fingerprint density at radius 3 is 2.57 bits per heavy atom. The standard InChI is InChI=1S/C16H15Cl2FO2/c1-2-20-15-5-3-4-11(9-17)16(15)21-10-12-6-7-13(18)8-14(12)19/h3-8H,2,9-10H2,1H3. The number of hydrogen-bond donors (Lipinski definition) is 0. The Balaban J connectivity index is 2.22. The van der Waals surface area contributed by atoms with Gasteiger partial charge in [-0.15, -0.1) is 11.6 Å². The number of rotatable bonds is 6. The third-order valence-corrected chi connectivity index (χ3v) is 3.41. The molecule has 0 saturated heterocycles. The van der Waals surface area contributed by atoms with Gasteiger partial charge in [-0.25, -0.2) is 4.39 Å². The molecule has 2 rings (SSSR count). The molecule has 2 aromatic carbocycles. The summed E-state index contributed by atoms with van der Waals surface area (Å²) in [6, 6.07) is 9.98. The molecule has 0 aliphatic rings. The van der Waals surface area contributed by atoms with E-state index >= 15 is 0 Å². The van der Waals surface area contributed by atoms with Gasteiger partial charge >= 0.3 is 0 Å². The normalized spacial score (nSPS) is 10.5. The SMILES string of the molecule is CCOc1cccc(CCl)c1OCc1ccc(Cl)cc1F. The predicted octanol–water partition coefficient (Wildman–Crippen LogP) is 5.20. The first-order chi connectivity index (χ1) is 10.2. The van der Waals surface area contributed by atoms with E-state index in [2.05, 4.69) is 0 Å². The zero-order chi connectivity index (χ0) is 15.2. The summed E-state index contributed by atoms with van der Waals surface area (Å²) in [5, 5.41) is 0.354. The predicted molar refractivity (Wildman–Crippen MR) is 82.9 cm³/mol. The van der Waals surface area contributed by atoms with E-state index < -0.39 is 5.82 Å². The molecule has 0 aliphatic carbocycles. The highest BCUT2D eigenvalue weighted by Gasteiger charge is 2.12. The summed E-state index contributed by atoms with van der Waals surface area (Å²) < 4.78 is 25.0. The molecular formula is C16H15Cl2FO2. The molecule has 0 spiro atoms. The van der Waals surface area contributed by atoms with Crippen molar-refractivity contribution in [2.75, 3.05) is 6.61 Å². The molecule has 2 aromatic rings. The van der Waals surface area contributed by atoms with Crippen molar-refractivity contribution in [1.29, 1.82) is 0 Å². The lowest BCUT2D eigenvalue weighted by Gasteiger charge is -2.15. The van der Waals surface area contributed by atoms with E-state index in [0.717, 1.165) is 5.56 Å². The van der Waals surface area contributed by atoms with Gasteiger partial charge in [-0.2, -0.15) is 0 Å². The van der Waals surface area contributed by atoms with Gasteiger partial charge in [0.15, 0.2) is 11.5 Å². The van der Waals surface area contributed by atoms with Crippen molar-refractivity contribution in [3.8, 4) is 11.5 Å². The fourth-order valence-corrected chi connectivity index (χ4v) is 2.26. The van der Waals surface area contributed by atoms with E-state index in [-0.39, 0.29) is 6.61 Å². The van der Waals surface area contributed by atoms with Crippen LogP contribution in [-0.2, 0) is 12.5 Å². The Morgan fingerprint density at radius 2 is 1.90 bits per heavy atom. The quantitative estimate of drug-likeness (QED) is 0.679. The first-order valence-electron chi connectivity index (χ1n) is 6.53. The highest BCUT2D eigenvalue weighted by Crippen LogP contribution is 2.33. The molecule has 0 aromatic heterocycles. The van der Waals surface area contributed by atoms with Gasteiger partial charge in [-0.1, -0.05) is 29.8 Å². The largest absolute Gasteiger partial charge is 0.490 e. The summed E-state index contributed by atoms with van der Waals surface area (Å²) in [4.78, 5) is 0. The maximum Gasteiger partial charge on any atom is 0.166 e. The van der Waals surface area contributed by atoms with Gasteiger partial charge in [0.2, 0.25) is 0 Å². The first kappa shape index (κ1) is 15.9. The average molecular weight is 329 g/mol. The fraction of sp³-hybridized carbons (Fsp3) is 0.250. The lowest BCUT2D eigenvalue weighted by molar-refractivity contribution is 0.264. The molecule has 0 aliphatic heterocycles. The van der Waals surface area contributed by atoms with Gasteiger partial charge in [0, 0.05) is 16.1 Å². The van der Waals surface area contributed by atoms with Crippen LogP contribution in [0.1, 0.15) is 18.1 Å². The molecule has 0 radical (unpaired) electrons. The maximum atomic E-state index is 13.8. The zero-order valence-corrected chi connectivity index (χ0v) is 13.0. The topological polar surface area (TPSA) is 18.5 Å². The molecule has 21 heavy (non-hydrogen) atoms. The highest BCUT2D eigenvalue weighted by atomic mass is 35.5. The minimum Gasteiger partial charge on any atom is -0.490 e. The third kappa shape index (κ3) is 4.02. The minimum absolute atomic E-state index is 0.0803. The average Bonchev–Trinajstić information content (AvgIpc) is 2.47. The number of alkyl halides is 1. The van der Waals surface area contributed by atoms with E-state index in [1.165, 1.54) is 6.07 Å². The second-order valence-electron chi connectivity index (χ2n) is 4.34. The van der Waals surface area contributed by atoms with Gasteiger partial charge < -0.3 is 9.47 Å². The van der Waals surface area contributed by atoms with Gasteiger partial charge in [0.25, 0.3) is 0 Å². The zero-order valence-electron chi connectivity index (χ0n) is 11.5. The summed E-state index contributed by atoms with van der Waals surface area (Å²) in [6.45, 7) is 2.48. The van der Waals surface area contributed by atoms with E-state index in [1.807, 2.05) is 19.1 Å². The van der Waals surface area contributed by atoms with Crippen LogP contribution >= 0.6 is 23.2 Å². The summed E-state index contributed by atoms with van der Waals surface area (Å²) in [6.07, 6.45) is 0. The Labute approximate surface area is 133 Å². The van der Waals surface area contributed by atoms with Crippen molar-refractivity contribution in [3.05, 3.63) is 58.4 Å². The number of para-hydroxylation sites is 1. The number of ether oxygens (including phenoxy) is 2. The Hall–Kier alpha value is -1.45. The van der Waals surface area contributed by atoms with Crippen LogP contribution in [0.25, 0.3) is 0 Å². The van der Waals surface area contributed by atoms with E-state index in [9.17, 15) is 4.39 Å². The van der Waals surface area contributed by atoms with Crippen molar-refractivity contribution in [1.82, 2.24) is 0 Å². The lowest BCUT2D eigenvalue weighted by Crippen LogP contribution is -2.03. The number of halogens is 3. The van der Waals surface area contributed by atoms with Gasteiger partial charge in [0.05, 0.1) is 12.5 Å². The van der Waals surface area contributed by atoms with Crippen molar-refractivity contribution in [3.63, 3.8) is 0 Å². The van der Waals surface area contributed by atoms with Crippen LogP contribution in [0.3, 0.4) is 0 Å². The molecule has 0 heterocycles. The van der Waals surface area contributed by atoms with Crippen LogP contribution in [0.4, 0.5) is 4.39 Å². The molecule has 0 atom stereocenters. The molecule has 0 saturated carbocycles. The molecular weight excluding hydrogens is 314 g/mol. The van der Waals surface area contributed by atoms with Crippen LogP contribution in [0.15, 0.2) is 36.4 Å². The molecule has 112 valence electrons. The van der Waals surface area contributed by atoms with Crippen LogP contribution in [0.2, 0.25) is 5.02 Å². The van der Waals surface area contributed by atoms with Gasteiger partial charge in [0.1, 0.15) is 12.4 Å². The summed E-state index contributed by atoms with van der Waals surface area (Å²) in [7, 11) is 0. The van der Waals surface area contributed by atoms with Gasteiger partial charge in [-0.3, -0.25) is 0 Å². The van der Waals surface area contributed by atoms with Crippen LogP contribution in [-0.4, -0.2) is 6.61 Å². The van der Waals surface area contributed by atoms with E-state index in [0.29, 0.717) is 34.6 Å². The molecule has 0 bridgehead atoms. The lowest BCUT2D eigenvalue weighted by atomic mass is 10.2. The Morgan fingerprint density at radius 1 is 1.10 bits per heavy atom. The number of benzene rings is 2. The highest BCUT2D eigenvalue weighted by molar-refractivity contribution is 6.30. The number of hydrogen-bond acceptors (Lipinski definition) is 2. The second kappa shape index (κ2) is 7.53. The molecule has 0 unspecified atom stereocenters. The molecule has 2 nitrogen and oxygen atoms in total. The smallest absolute Gasteiger partial charge is 0.166 e. The van der Waals surface area contributed by atoms with E-state index in [1.54, 1.807) is 18.2 Å². The van der Waals surface area contributed by atoms with Crippen molar-refractivity contribution in [2.24, 2.45) is 0 Å². The Kier molecular flexibility index (Phi) is 5.71. The molecule has 5 heteroatoms. The van der Waals surface area contributed by atoms with Crippen LogP contribution in [0.5, 0.6) is 11.5 Å². The maximum absolute atomic E-state index is 13.8. The summed E-state index contributed by atoms with van der Waals surface area (Å²) in [5.41, 5.74) is 1.23. The van der Waals surface area contributed by atoms with Crippen LogP contribution in [0, 0.1) is 5.82 Å². The first-order valence-corrected chi connectivity index (χ1v) is 7.44. The minimum atomic E-state index is -0.399. The third-order valence-electron chi connectivity index (χ3n) is 2.89. The van der Waals surface area contributed by atoms with E-state index in [4.69, 9.17) is 32.7 Å². The van der Waals surface area contributed by atoms with Crippen molar-refractivity contribution < 1.29 is 13.9 Å². The Bertz CT molecular complexity index is 617. The molecule has 0 N–H and O–H groups in total. The second-order valence-corrected chi connectivity index (χ2v) is 5.04. The van der Waals surface area contributed by atoms with Gasteiger partial charge in [-0.05, 0) is 25.1 Å². The monoisotopic (exact) mass is 328 g/mol. The summed E-state index contributed by atoms with van der Waals surface area (Å²) in [5.74, 6) is 1.04. The summed E-state index contributed by atoms with van der Waals surface area (Å²) >= 11 is 11.6. The molecule has 0 fully saturated rings. The fourth-order valence-electron chi connectivity index (χ4n) is 1.89. The molecule has 0 amide bonds.